The van der Waals surface area contributed by atoms with Crippen LogP contribution >= 0.6 is 0 Å². The van der Waals surface area contributed by atoms with Crippen LogP contribution in [0.4, 0.5) is 0 Å². The van der Waals surface area contributed by atoms with Gasteiger partial charge >= 0.3 is 0 Å². The summed E-state index contributed by atoms with van der Waals surface area (Å²) in [6, 6.07) is 8.41. The van der Waals surface area contributed by atoms with Crippen molar-refractivity contribution in [2.24, 2.45) is 5.73 Å². The molecule has 0 radical (unpaired) electrons. The third-order valence-corrected chi connectivity index (χ3v) is 2.79. The first-order valence-electron chi connectivity index (χ1n) is 5.01. The number of hydrogen-bond acceptors (Lipinski definition) is 2. The molecule has 2 N–H and O–H groups in total. The Kier molecular flexibility index (Phi) is 3.67. The van der Waals surface area contributed by atoms with Crippen LogP contribution < -0.4 is 5.73 Å². The van der Waals surface area contributed by atoms with Crippen LogP contribution in [-0.2, 0) is 16.8 Å². The van der Waals surface area contributed by atoms with Crippen LogP contribution in [0.1, 0.15) is 25.0 Å². The molecule has 2 heteroatoms. The molecule has 0 aromatic heterocycles. The molecule has 0 aliphatic carbocycles. The van der Waals surface area contributed by atoms with Gasteiger partial charge in [0.2, 0.25) is 0 Å². The van der Waals surface area contributed by atoms with Crippen molar-refractivity contribution in [3.8, 4) is 0 Å². The van der Waals surface area contributed by atoms with Gasteiger partial charge in [-0.1, -0.05) is 31.2 Å². The van der Waals surface area contributed by atoms with E-state index in [1.165, 1.54) is 5.56 Å². The highest BCUT2D eigenvalue weighted by atomic mass is 16.5. The minimum absolute atomic E-state index is 0.356. The second-order valence-corrected chi connectivity index (χ2v) is 3.69. The molecular weight excluding hydrogens is 174 g/mol. The van der Waals surface area contributed by atoms with Crippen LogP contribution in [0.5, 0.6) is 0 Å². The van der Waals surface area contributed by atoms with Crippen molar-refractivity contribution in [3.63, 3.8) is 0 Å². The minimum Gasteiger partial charge on any atom is -0.372 e. The molecule has 0 fully saturated rings. The number of ether oxygens (including phenoxy) is 1. The first kappa shape index (κ1) is 11.2. The lowest BCUT2D eigenvalue weighted by Crippen LogP contribution is -2.33. The van der Waals surface area contributed by atoms with Gasteiger partial charge in [-0.05, 0) is 24.5 Å². The topological polar surface area (TPSA) is 35.2 Å². The fourth-order valence-corrected chi connectivity index (χ4v) is 1.44. The molecule has 0 bridgehead atoms. The number of hydrogen-bond donors (Lipinski definition) is 1. The third-order valence-electron chi connectivity index (χ3n) is 2.79. The molecule has 0 aliphatic rings. The van der Waals surface area contributed by atoms with Crippen molar-refractivity contribution < 1.29 is 4.74 Å². The molecular formula is C12H19NO. The summed E-state index contributed by atoms with van der Waals surface area (Å²) < 4.78 is 5.45. The van der Waals surface area contributed by atoms with Crippen molar-refractivity contribution in [2.45, 2.75) is 25.9 Å². The quantitative estimate of drug-likeness (QED) is 0.794. The Bertz CT molecular complexity index is 292. The fourth-order valence-electron chi connectivity index (χ4n) is 1.44. The largest absolute Gasteiger partial charge is 0.372 e. The summed E-state index contributed by atoms with van der Waals surface area (Å²) in [5, 5.41) is 0. The van der Waals surface area contributed by atoms with Crippen LogP contribution in [0.2, 0.25) is 0 Å². The Labute approximate surface area is 86.1 Å². The molecule has 0 aliphatic heterocycles. The molecule has 1 unspecified atom stereocenters. The Hall–Kier alpha value is -0.860. The maximum atomic E-state index is 5.72. The van der Waals surface area contributed by atoms with E-state index in [1.807, 2.05) is 6.92 Å². The van der Waals surface area contributed by atoms with Crippen LogP contribution in [0, 0.1) is 0 Å². The molecule has 0 amide bonds. The van der Waals surface area contributed by atoms with E-state index < -0.39 is 0 Å². The van der Waals surface area contributed by atoms with Gasteiger partial charge in [0.1, 0.15) is 5.60 Å². The highest BCUT2D eigenvalue weighted by Crippen LogP contribution is 2.24. The Morgan fingerprint density at radius 3 is 2.64 bits per heavy atom. The summed E-state index contributed by atoms with van der Waals surface area (Å²) in [5.41, 5.74) is 7.83. The molecule has 0 saturated heterocycles. The second-order valence-electron chi connectivity index (χ2n) is 3.69. The molecule has 0 heterocycles. The molecule has 1 atom stereocenters. The number of benzene rings is 1. The summed E-state index contributed by atoms with van der Waals surface area (Å²) in [6.45, 7) is 4.66. The monoisotopic (exact) mass is 193 g/mol. The van der Waals surface area contributed by atoms with Gasteiger partial charge in [0.05, 0.1) is 0 Å². The molecule has 78 valence electrons. The first-order valence-corrected chi connectivity index (χ1v) is 5.01. The summed E-state index contributed by atoms with van der Waals surface area (Å²) >= 11 is 0. The van der Waals surface area contributed by atoms with Gasteiger partial charge in [-0.2, -0.15) is 0 Å². The summed E-state index contributed by atoms with van der Waals surface area (Å²) in [5.74, 6) is 0. The van der Waals surface area contributed by atoms with Gasteiger partial charge in [0.15, 0.2) is 0 Å². The van der Waals surface area contributed by atoms with Crippen molar-refractivity contribution >= 4 is 0 Å². The highest BCUT2D eigenvalue weighted by molar-refractivity contribution is 5.28. The van der Waals surface area contributed by atoms with Crippen molar-refractivity contribution in [1.82, 2.24) is 0 Å². The highest BCUT2D eigenvalue weighted by Gasteiger charge is 2.23. The van der Waals surface area contributed by atoms with Crippen LogP contribution in [0.3, 0.4) is 0 Å². The molecule has 1 aromatic rings. The molecule has 0 spiro atoms. The number of nitrogens with two attached hydrogens (primary N) is 1. The van der Waals surface area contributed by atoms with E-state index in [-0.39, 0.29) is 5.60 Å². The van der Waals surface area contributed by atoms with E-state index >= 15 is 0 Å². The van der Waals surface area contributed by atoms with E-state index in [0.29, 0.717) is 6.54 Å². The van der Waals surface area contributed by atoms with E-state index in [1.54, 1.807) is 7.11 Å². The molecule has 0 saturated carbocycles. The fraction of sp³-hybridized carbons (Fsp3) is 0.500. The normalized spacial score (nSPS) is 15.1. The Morgan fingerprint density at radius 2 is 2.14 bits per heavy atom. The van der Waals surface area contributed by atoms with Gasteiger partial charge in [-0.25, -0.2) is 0 Å². The first-order chi connectivity index (χ1) is 6.66. The van der Waals surface area contributed by atoms with Gasteiger partial charge in [0, 0.05) is 13.7 Å². The van der Waals surface area contributed by atoms with Crippen LogP contribution in [0.15, 0.2) is 24.3 Å². The summed E-state index contributed by atoms with van der Waals surface area (Å²) in [7, 11) is 1.70. The predicted octanol–water partition coefficient (Wildman–Crippen LogP) is 2.07. The molecule has 1 aromatic carbocycles. The zero-order valence-corrected chi connectivity index (χ0v) is 9.21. The number of rotatable bonds is 4. The standard InChI is InChI=1S/C12H19NO/c1-4-10-6-5-7-11(8-10)12(2,9-13)14-3/h5-8H,4,9,13H2,1-3H3. The molecule has 1 rings (SSSR count). The number of methoxy groups -OCH3 is 1. The van der Waals surface area contributed by atoms with E-state index in [9.17, 15) is 0 Å². The van der Waals surface area contributed by atoms with Crippen molar-refractivity contribution in [1.29, 1.82) is 0 Å². The van der Waals surface area contributed by atoms with Gasteiger partial charge in [-0.15, -0.1) is 0 Å². The van der Waals surface area contributed by atoms with Crippen LogP contribution in [-0.4, -0.2) is 13.7 Å². The third kappa shape index (κ3) is 2.14. The minimum atomic E-state index is -0.356. The lowest BCUT2D eigenvalue weighted by molar-refractivity contribution is 0.0100. The van der Waals surface area contributed by atoms with E-state index in [0.717, 1.165) is 12.0 Å². The number of aryl methyl sites for hydroxylation is 1. The van der Waals surface area contributed by atoms with Gasteiger partial charge in [0.25, 0.3) is 0 Å². The zero-order valence-electron chi connectivity index (χ0n) is 9.21. The van der Waals surface area contributed by atoms with Gasteiger partial charge in [-0.3, -0.25) is 0 Å². The second kappa shape index (κ2) is 4.58. The summed E-state index contributed by atoms with van der Waals surface area (Å²) in [4.78, 5) is 0. The summed E-state index contributed by atoms with van der Waals surface area (Å²) in [6.07, 6.45) is 1.04. The smallest absolute Gasteiger partial charge is 0.102 e. The van der Waals surface area contributed by atoms with Crippen molar-refractivity contribution in [2.75, 3.05) is 13.7 Å². The van der Waals surface area contributed by atoms with Gasteiger partial charge < -0.3 is 10.5 Å². The Morgan fingerprint density at radius 1 is 1.43 bits per heavy atom. The maximum Gasteiger partial charge on any atom is 0.102 e. The molecule has 14 heavy (non-hydrogen) atoms. The molecule has 2 nitrogen and oxygen atoms in total. The van der Waals surface area contributed by atoms with Crippen LogP contribution in [0.25, 0.3) is 0 Å². The predicted molar refractivity (Wildman–Crippen MR) is 59.2 cm³/mol. The lowest BCUT2D eigenvalue weighted by atomic mass is 9.94. The Balaban J connectivity index is 3.04. The van der Waals surface area contributed by atoms with Crippen molar-refractivity contribution in [3.05, 3.63) is 35.4 Å². The zero-order chi connectivity index (χ0) is 10.6. The maximum absolute atomic E-state index is 5.72. The average molecular weight is 193 g/mol. The average Bonchev–Trinajstić information content (AvgIpc) is 2.28. The van der Waals surface area contributed by atoms with E-state index in [4.69, 9.17) is 10.5 Å². The SMILES string of the molecule is CCc1cccc(C(C)(CN)OC)c1. The lowest BCUT2D eigenvalue weighted by Gasteiger charge is -2.27. The van der Waals surface area contributed by atoms with E-state index in [2.05, 4.69) is 31.2 Å².